The van der Waals surface area contributed by atoms with Gasteiger partial charge in [0.15, 0.2) is 0 Å². The Labute approximate surface area is 135 Å². The summed E-state index contributed by atoms with van der Waals surface area (Å²) in [5.74, 6) is 0.345. The predicted octanol–water partition coefficient (Wildman–Crippen LogP) is 2.89. The zero-order chi connectivity index (χ0) is 16.7. The number of hydrogen-bond donors (Lipinski definition) is 2. The number of amides is 1. The normalized spacial score (nSPS) is 11.9. The van der Waals surface area contributed by atoms with Crippen LogP contribution in [0.1, 0.15) is 32.4 Å². The van der Waals surface area contributed by atoms with Crippen molar-refractivity contribution in [2.24, 2.45) is 0 Å². The monoisotopic (exact) mass is 314 g/mol. The molecule has 0 saturated carbocycles. The molecule has 23 heavy (non-hydrogen) atoms. The van der Waals surface area contributed by atoms with Crippen LogP contribution in [-0.4, -0.2) is 27.7 Å². The number of carbonyl (C=O) groups is 1. The van der Waals surface area contributed by atoms with E-state index in [1.54, 1.807) is 24.9 Å². The summed E-state index contributed by atoms with van der Waals surface area (Å²) in [5.41, 5.74) is 1.53. The summed E-state index contributed by atoms with van der Waals surface area (Å²) in [5, 5.41) is 10.9. The number of carbonyl (C=O) groups excluding carboxylic acids is 1. The Morgan fingerprint density at radius 3 is 2.91 bits per heavy atom. The lowest BCUT2D eigenvalue weighted by atomic mass is 9.99. The molecule has 2 N–H and O–H groups in total. The first-order valence-corrected chi connectivity index (χ1v) is 7.70. The minimum absolute atomic E-state index is 0.00373. The maximum Gasteiger partial charge on any atom is 0.269 e. The van der Waals surface area contributed by atoms with Gasteiger partial charge in [-0.1, -0.05) is 6.92 Å². The van der Waals surface area contributed by atoms with Crippen LogP contribution in [0, 0.1) is 5.41 Å². The molecule has 0 aliphatic heterocycles. The van der Waals surface area contributed by atoms with Gasteiger partial charge in [0.1, 0.15) is 11.5 Å². The number of imidazole rings is 1. The van der Waals surface area contributed by atoms with Crippen molar-refractivity contribution in [3.8, 4) is 0 Å². The molecule has 0 saturated heterocycles. The number of aromatic nitrogens is 2. The van der Waals surface area contributed by atoms with Gasteiger partial charge in [0.2, 0.25) is 0 Å². The molecule has 122 valence electrons. The third kappa shape index (κ3) is 4.42. The van der Waals surface area contributed by atoms with Crippen molar-refractivity contribution in [1.29, 1.82) is 5.41 Å². The number of rotatable bonds is 8. The molecule has 2 aromatic heterocycles. The highest BCUT2D eigenvalue weighted by Gasteiger charge is 2.17. The van der Waals surface area contributed by atoms with Gasteiger partial charge in [0.05, 0.1) is 12.6 Å². The van der Waals surface area contributed by atoms with Gasteiger partial charge in [-0.3, -0.25) is 10.2 Å². The number of nitrogens with one attached hydrogen (secondary N) is 2. The zero-order valence-electron chi connectivity index (χ0n) is 13.5. The van der Waals surface area contributed by atoms with Gasteiger partial charge in [0, 0.05) is 25.5 Å². The second-order valence-corrected chi connectivity index (χ2v) is 5.22. The molecule has 2 rings (SSSR count). The Balaban J connectivity index is 1.90. The van der Waals surface area contributed by atoms with E-state index in [2.05, 4.69) is 10.3 Å². The third-order valence-electron chi connectivity index (χ3n) is 3.66. The van der Waals surface area contributed by atoms with Crippen molar-refractivity contribution < 1.29 is 9.21 Å². The van der Waals surface area contributed by atoms with E-state index in [1.807, 2.05) is 30.7 Å². The van der Waals surface area contributed by atoms with Gasteiger partial charge in [-0.25, -0.2) is 4.98 Å². The predicted molar refractivity (Wildman–Crippen MR) is 89.2 cm³/mol. The summed E-state index contributed by atoms with van der Waals surface area (Å²) in [4.78, 5) is 16.1. The van der Waals surface area contributed by atoms with Crippen molar-refractivity contribution >= 4 is 17.2 Å². The third-order valence-corrected chi connectivity index (χ3v) is 3.66. The quantitative estimate of drug-likeness (QED) is 0.580. The Morgan fingerprint density at radius 1 is 1.48 bits per heavy atom. The molecule has 0 spiro atoms. The second kappa shape index (κ2) is 8.12. The first kappa shape index (κ1) is 16.7. The molecule has 0 aliphatic carbocycles. The number of furan rings is 1. The average molecular weight is 314 g/mol. The lowest BCUT2D eigenvalue weighted by molar-refractivity contribution is -0.114. The largest absolute Gasteiger partial charge is 0.465 e. The average Bonchev–Trinajstić information content (AvgIpc) is 3.24. The second-order valence-electron chi connectivity index (χ2n) is 5.22. The highest BCUT2D eigenvalue weighted by molar-refractivity contribution is 6.45. The molecule has 1 amide bonds. The summed E-state index contributed by atoms with van der Waals surface area (Å²) < 4.78 is 7.31. The topological polar surface area (TPSA) is 83.9 Å². The minimum atomic E-state index is -0.349. The summed E-state index contributed by atoms with van der Waals surface area (Å²) in [6.45, 7) is 5.12. The lowest BCUT2D eigenvalue weighted by Crippen LogP contribution is -2.33. The highest BCUT2D eigenvalue weighted by Crippen LogP contribution is 2.21. The number of allylic oxidation sites excluding steroid dienone is 1. The molecule has 0 aromatic carbocycles. The van der Waals surface area contributed by atoms with Crippen LogP contribution in [0.15, 0.2) is 47.1 Å². The van der Waals surface area contributed by atoms with E-state index in [1.165, 1.54) is 0 Å². The SMILES string of the molecule is CC/C(C(=N)C(=O)NCCCn1ccnc1)=C(/C)c1ccco1. The molecular formula is C17H22N4O2. The Bertz CT molecular complexity index is 670. The number of hydrogen-bond acceptors (Lipinski definition) is 4. The minimum Gasteiger partial charge on any atom is -0.465 e. The summed E-state index contributed by atoms with van der Waals surface area (Å²) >= 11 is 0. The molecule has 2 heterocycles. The fourth-order valence-electron chi connectivity index (χ4n) is 2.38. The van der Waals surface area contributed by atoms with Gasteiger partial charge in [-0.05, 0) is 43.0 Å². The first-order valence-electron chi connectivity index (χ1n) is 7.70. The molecule has 0 bridgehead atoms. The fraction of sp³-hybridized carbons (Fsp3) is 0.353. The molecule has 6 heteroatoms. The Morgan fingerprint density at radius 2 is 2.30 bits per heavy atom. The summed E-state index contributed by atoms with van der Waals surface area (Å²) in [7, 11) is 0. The van der Waals surface area contributed by atoms with Crippen LogP contribution in [0.3, 0.4) is 0 Å². The molecule has 2 aromatic rings. The van der Waals surface area contributed by atoms with Crippen LogP contribution < -0.4 is 5.32 Å². The van der Waals surface area contributed by atoms with E-state index >= 15 is 0 Å². The van der Waals surface area contributed by atoms with E-state index in [-0.39, 0.29) is 11.6 Å². The van der Waals surface area contributed by atoms with Gasteiger partial charge >= 0.3 is 0 Å². The molecule has 0 radical (unpaired) electrons. The first-order chi connectivity index (χ1) is 11.1. The summed E-state index contributed by atoms with van der Waals surface area (Å²) in [6, 6.07) is 3.63. The van der Waals surface area contributed by atoms with Crippen LogP contribution >= 0.6 is 0 Å². The summed E-state index contributed by atoms with van der Waals surface area (Å²) in [6.07, 6.45) is 8.34. The Kier molecular flexibility index (Phi) is 5.91. The van der Waals surface area contributed by atoms with Crippen LogP contribution in [0.2, 0.25) is 0 Å². The van der Waals surface area contributed by atoms with Crippen molar-refractivity contribution in [3.63, 3.8) is 0 Å². The standard InChI is InChI=1S/C17H22N4O2/c1-3-14(13(2)15-6-4-11-23-15)16(18)17(22)20-7-5-9-21-10-8-19-12-21/h4,6,8,10-12,18H,3,5,7,9H2,1-2H3,(H,20,22)/b14-13+,18-16?. The number of aryl methyl sites for hydroxylation is 1. The Hall–Kier alpha value is -2.63. The molecule has 0 unspecified atom stereocenters. The van der Waals surface area contributed by atoms with Crippen molar-refractivity contribution in [2.75, 3.05) is 6.54 Å². The smallest absolute Gasteiger partial charge is 0.269 e. The van der Waals surface area contributed by atoms with E-state index in [0.29, 0.717) is 24.3 Å². The van der Waals surface area contributed by atoms with Crippen LogP contribution in [-0.2, 0) is 11.3 Å². The molecule has 0 aliphatic rings. The maximum absolute atomic E-state index is 12.2. The van der Waals surface area contributed by atoms with Gasteiger partial charge < -0.3 is 14.3 Å². The number of nitrogens with zero attached hydrogens (tertiary/aromatic N) is 2. The van der Waals surface area contributed by atoms with Crippen molar-refractivity contribution in [3.05, 3.63) is 48.5 Å². The van der Waals surface area contributed by atoms with E-state index in [9.17, 15) is 4.79 Å². The van der Waals surface area contributed by atoms with Gasteiger partial charge in [-0.15, -0.1) is 0 Å². The molecule has 0 atom stereocenters. The van der Waals surface area contributed by atoms with Crippen LogP contribution in [0.25, 0.3) is 5.57 Å². The van der Waals surface area contributed by atoms with Gasteiger partial charge in [-0.2, -0.15) is 0 Å². The maximum atomic E-state index is 12.2. The molecular weight excluding hydrogens is 292 g/mol. The van der Waals surface area contributed by atoms with Crippen LogP contribution in [0.4, 0.5) is 0 Å². The molecule has 0 fully saturated rings. The van der Waals surface area contributed by atoms with Gasteiger partial charge in [0.25, 0.3) is 5.91 Å². The van der Waals surface area contributed by atoms with E-state index < -0.39 is 0 Å². The van der Waals surface area contributed by atoms with E-state index in [0.717, 1.165) is 18.5 Å². The van der Waals surface area contributed by atoms with E-state index in [4.69, 9.17) is 9.83 Å². The highest BCUT2D eigenvalue weighted by atomic mass is 16.3. The van der Waals surface area contributed by atoms with Crippen LogP contribution in [0.5, 0.6) is 0 Å². The van der Waals surface area contributed by atoms with Crippen molar-refractivity contribution in [2.45, 2.75) is 33.2 Å². The van der Waals surface area contributed by atoms with Crippen molar-refractivity contribution in [1.82, 2.24) is 14.9 Å². The zero-order valence-corrected chi connectivity index (χ0v) is 13.5. The molecule has 6 nitrogen and oxygen atoms in total. The fourth-order valence-corrected chi connectivity index (χ4v) is 2.38. The lowest BCUT2D eigenvalue weighted by Gasteiger charge is -2.11.